The zero-order chi connectivity index (χ0) is 18.6. The van der Waals surface area contributed by atoms with E-state index in [-0.39, 0.29) is 16.4 Å². The van der Waals surface area contributed by atoms with E-state index in [9.17, 15) is 14.9 Å². The first-order valence-electron chi connectivity index (χ1n) is 6.85. The van der Waals surface area contributed by atoms with Crippen molar-refractivity contribution in [3.63, 3.8) is 0 Å². The third-order valence-corrected chi connectivity index (χ3v) is 4.13. The summed E-state index contributed by atoms with van der Waals surface area (Å²) < 4.78 is 0.823. The van der Waals surface area contributed by atoms with E-state index in [1.807, 2.05) is 0 Å². The number of halogens is 2. The van der Waals surface area contributed by atoms with Crippen LogP contribution in [0.3, 0.4) is 0 Å². The SMILES string of the molecule is Cc1cc(C(=O)NNC(=S)Nc2ccc(Br)cc2Cl)ccc1[N+](=O)[O-]. The van der Waals surface area contributed by atoms with Gasteiger partial charge in [-0.1, -0.05) is 27.5 Å². The van der Waals surface area contributed by atoms with Crippen LogP contribution < -0.4 is 16.2 Å². The predicted molar refractivity (Wildman–Crippen MR) is 104 cm³/mol. The zero-order valence-electron chi connectivity index (χ0n) is 12.8. The number of carbonyl (C=O) groups excluding carboxylic acids is 1. The highest BCUT2D eigenvalue weighted by Crippen LogP contribution is 2.25. The van der Waals surface area contributed by atoms with Gasteiger partial charge in [0.25, 0.3) is 11.6 Å². The van der Waals surface area contributed by atoms with Gasteiger partial charge in [0.15, 0.2) is 5.11 Å². The number of hydrazine groups is 1. The molecular weight excluding hydrogens is 432 g/mol. The van der Waals surface area contributed by atoms with Crippen LogP contribution in [0.4, 0.5) is 11.4 Å². The Labute approximate surface area is 162 Å². The summed E-state index contributed by atoms with van der Waals surface area (Å²) >= 11 is 14.4. The van der Waals surface area contributed by atoms with Crippen LogP contribution in [0.25, 0.3) is 0 Å². The molecule has 3 N–H and O–H groups in total. The summed E-state index contributed by atoms with van der Waals surface area (Å²) in [5.41, 5.74) is 6.13. The number of benzene rings is 2. The van der Waals surface area contributed by atoms with Gasteiger partial charge in [-0.2, -0.15) is 0 Å². The van der Waals surface area contributed by atoms with Crippen molar-refractivity contribution in [2.45, 2.75) is 6.92 Å². The number of nitro benzene ring substituents is 1. The predicted octanol–water partition coefficient (Wildman–Crippen LogP) is 3.95. The third kappa shape index (κ3) is 5.12. The molecule has 0 aliphatic rings. The van der Waals surface area contributed by atoms with E-state index >= 15 is 0 Å². The highest BCUT2D eigenvalue weighted by molar-refractivity contribution is 9.10. The summed E-state index contributed by atoms with van der Waals surface area (Å²) in [4.78, 5) is 22.4. The highest BCUT2D eigenvalue weighted by atomic mass is 79.9. The second-order valence-corrected chi connectivity index (χ2v) is 6.65. The number of thiocarbonyl (C=S) groups is 1. The fraction of sp³-hybridized carbons (Fsp3) is 0.0667. The first-order chi connectivity index (χ1) is 11.8. The highest BCUT2D eigenvalue weighted by Gasteiger charge is 2.14. The van der Waals surface area contributed by atoms with Crippen molar-refractivity contribution < 1.29 is 9.72 Å². The Kier molecular flexibility index (Phi) is 6.29. The molecule has 0 radical (unpaired) electrons. The molecule has 0 heterocycles. The topological polar surface area (TPSA) is 96.3 Å². The van der Waals surface area contributed by atoms with Crippen molar-refractivity contribution in [2.75, 3.05) is 5.32 Å². The Morgan fingerprint density at radius 3 is 2.56 bits per heavy atom. The van der Waals surface area contributed by atoms with Crippen LogP contribution in [-0.2, 0) is 0 Å². The lowest BCUT2D eigenvalue weighted by atomic mass is 10.1. The zero-order valence-corrected chi connectivity index (χ0v) is 16.0. The number of hydrogen-bond acceptors (Lipinski definition) is 4. The van der Waals surface area contributed by atoms with Crippen molar-refractivity contribution >= 4 is 62.1 Å². The lowest BCUT2D eigenvalue weighted by Crippen LogP contribution is -2.43. The Hall–Kier alpha value is -2.23. The summed E-state index contributed by atoms with van der Waals surface area (Å²) in [6.07, 6.45) is 0. The molecule has 2 aromatic rings. The number of nitrogens with one attached hydrogen (secondary N) is 3. The number of nitro groups is 1. The Morgan fingerprint density at radius 2 is 1.96 bits per heavy atom. The molecule has 0 bridgehead atoms. The van der Waals surface area contributed by atoms with Crippen molar-refractivity contribution in [1.82, 2.24) is 10.9 Å². The minimum atomic E-state index is -0.504. The largest absolute Gasteiger partial charge is 0.330 e. The Balaban J connectivity index is 1.96. The molecule has 0 saturated carbocycles. The van der Waals surface area contributed by atoms with E-state index in [1.165, 1.54) is 18.2 Å². The van der Waals surface area contributed by atoms with Crippen LogP contribution in [0.5, 0.6) is 0 Å². The van der Waals surface area contributed by atoms with E-state index in [0.29, 0.717) is 16.3 Å². The fourth-order valence-corrected chi connectivity index (χ4v) is 2.81. The van der Waals surface area contributed by atoms with Gasteiger partial charge in [0, 0.05) is 21.7 Å². The van der Waals surface area contributed by atoms with E-state index in [1.54, 1.807) is 25.1 Å². The smallest absolute Gasteiger partial charge is 0.272 e. The molecular formula is C15H12BrClN4O3S. The summed E-state index contributed by atoms with van der Waals surface area (Å²) in [6, 6.07) is 9.28. The molecule has 0 aromatic heterocycles. The molecule has 0 saturated heterocycles. The number of nitrogens with zero attached hydrogens (tertiary/aromatic N) is 1. The molecule has 2 rings (SSSR count). The molecule has 0 aliphatic heterocycles. The van der Waals surface area contributed by atoms with E-state index in [4.69, 9.17) is 23.8 Å². The molecule has 7 nitrogen and oxygen atoms in total. The van der Waals surface area contributed by atoms with Gasteiger partial charge in [-0.15, -0.1) is 0 Å². The molecule has 0 unspecified atom stereocenters. The van der Waals surface area contributed by atoms with Gasteiger partial charge in [0.2, 0.25) is 0 Å². The molecule has 0 atom stereocenters. The van der Waals surface area contributed by atoms with Crippen LogP contribution in [0, 0.1) is 17.0 Å². The van der Waals surface area contributed by atoms with Gasteiger partial charge in [0.05, 0.1) is 15.6 Å². The molecule has 0 fully saturated rings. The normalized spacial score (nSPS) is 10.0. The maximum atomic E-state index is 12.1. The molecule has 0 aliphatic carbocycles. The van der Waals surface area contributed by atoms with Crippen LogP contribution in [0.15, 0.2) is 40.9 Å². The molecule has 25 heavy (non-hydrogen) atoms. The van der Waals surface area contributed by atoms with E-state index in [0.717, 1.165) is 4.47 Å². The second kappa shape index (κ2) is 8.24. The maximum absolute atomic E-state index is 12.1. The summed E-state index contributed by atoms with van der Waals surface area (Å²) in [5, 5.41) is 14.2. The lowest BCUT2D eigenvalue weighted by Gasteiger charge is -2.13. The Morgan fingerprint density at radius 1 is 1.24 bits per heavy atom. The van der Waals surface area contributed by atoms with Crippen molar-refractivity contribution in [3.05, 3.63) is 67.1 Å². The van der Waals surface area contributed by atoms with Crippen LogP contribution in [-0.4, -0.2) is 15.9 Å². The van der Waals surface area contributed by atoms with Gasteiger partial charge in [-0.25, -0.2) is 0 Å². The molecule has 1 amide bonds. The first-order valence-corrected chi connectivity index (χ1v) is 8.43. The van der Waals surface area contributed by atoms with E-state index < -0.39 is 10.8 Å². The average Bonchev–Trinajstić information content (AvgIpc) is 2.54. The monoisotopic (exact) mass is 442 g/mol. The quantitative estimate of drug-likeness (QED) is 0.378. The van der Waals surface area contributed by atoms with Gasteiger partial charge >= 0.3 is 0 Å². The summed E-state index contributed by atoms with van der Waals surface area (Å²) in [7, 11) is 0. The summed E-state index contributed by atoms with van der Waals surface area (Å²) in [6.45, 7) is 1.56. The van der Waals surface area contributed by atoms with Crippen LogP contribution >= 0.6 is 39.7 Å². The number of hydrogen-bond donors (Lipinski definition) is 3. The van der Waals surface area contributed by atoms with Crippen molar-refractivity contribution in [2.24, 2.45) is 0 Å². The molecule has 2 aromatic carbocycles. The van der Waals surface area contributed by atoms with Crippen molar-refractivity contribution in [1.29, 1.82) is 0 Å². The number of anilines is 1. The molecule has 0 spiro atoms. The average molecular weight is 444 g/mol. The minimum absolute atomic E-state index is 0.0495. The number of aryl methyl sites for hydroxylation is 1. The van der Waals surface area contributed by atoms with E-state index in [2.05, 4.69) is 32.1 Å². The summed E-state index contributed by atoms with van der Waals surface area (Å²) in [5.74, 6) is -0.482. The number of rotatable bonds is 3. The standard InChI is InChI=1S/C15H12BrClN4O3S/c1-8-6-9(2-5-13(8)21(23)24)14(22)19-20-15(25)18-12-4-3-10(16)7-11(12)17/h2-7H,1H3,(H,19,22)(H2,18,20,25). The van der Waals surface area contributed by atoms with Crippen molar-refractivity contribution in [3.8, 4) is 0 Å². The fourth-order valence-electron chi connectivity index (χ4n) is 1.93. The first kappa shape index (κ1) is 19.1. The third-order valence-electron chi connectivity index (χ3n) is 3.12. The second-order valence-electron chi connectivity index (χ2n) is 4.92. The van der Waals surface area contributed by atoms with Gasteiger partial charge < -0.3 is 5.32 Å². The van der Waals surface area contributed by atoms with Gasteiger partial charge in [0.1, 0.15) is 0 Å². The lowest BCUT2D eigenvalue weighted by molar-refractivity contribution is -0.385. The van der Waals surface area contributed by atoms with Crippen LogP contribution in [0.1, 0.15) is 15.9 Å². The maximum Gasteiger partial charge on any atom is 0.272 e. The number of amides is 1. The Bertz CT molecular complexity index is 863. The van der Waals surface area contributed by atoms with Crippen LogP contribution in [0.2, 0.25) is 5.02 Å². The van der Waals surface area contributed by atoms with Gasteiger partial charge in [-0.3, -0.25) is 25.8 Å². The molecule has 130 valence electrons. The number of carbonyl (C=O) groups is 1. The minimum Gasteiger partial charge on any atom is -0.330 e. The van der Waals surface area contributed by atoms with Gasteiger partial charge in [-0.05, 0) is 49.5 Å². The molecule has 10 heteroatoms.